The van der Waals surface area contributed by atoms with E-state index < -0.39 is 0 Å². The van der Waals surface area contributed by atoms with E-state index in [0.29, 0.717) is 19.1 Å². The average molecular weight is 498 g/mol. The first-order valence-electron chi connectivity index (χ1n) is 13.8. The molecule has 3 aromatic rings. The van der Waals surface area contributed by atoms with Gasteiger partial charge in [-0.05, 0) is 68.3 Å². The standard InChI is InChI=1S/C31H39N5O/c1-5-22-12-9-13-23(6-2)29(22)30-33-21(3)26(31(34-30)36-18-17-32-28(37)20-36)19-35(4)27-16-10-14-24-11-7-8-15-25(24)27/h7-9,11-13,15,27H,5-6,10,14,16-20H2,1-4H3,(H,32,37)/t27-/m1/s1. The molecule has 1 aliphatic carbocycles. The van der Waals surface area contributed by atoms with Crippen LogP contribution in [0.2, 0.25) is 0 Å². The lowest BCUT2D eigenvalue weighted by Crippen LogP contribution is -2.48. The summed E-state index contributed by atoms with van der Waals surface area (Å²) in [4.78, 5) is 27.3. The molecule has 1 amide bonds. The van der Waals surface area contributed by atoms with Gasteiger partial charge in [0.2, 0.25) is 5.91 Å². The van der Waals surface area contributed by atoms with Crippen molar-refractivity contribution in [3.8, 4) is 11.4 Å². The molecule has 2 aliphatic rings. The average Bonchev–Trinajstić information content (AvgIpc) is 2.93. The highest BCUT2D eigenvalue weighted by Gasteiger charge is 2.28. The van der Waals surface area contributed by atoms with Crippen LogP contribution in [-0.4, -0.2) is 47.5 Å². The van der Waals surface area contributed by atoms with E-state index >= 15 is 0 Å². The van der Waals surface area contributed by atoms with Gasteiger partial charge in [-0.1, -0.05) is 56.3 Å². The fraction of sp³-hybridized carbons (Fsp3) is 0.452. The van der Waals surface area contributed by atoms with Crippen molar-refractivity contribution in [2.24, 2.45) is 0 Å². The molecule has 194 valence electrons. The van der Waals surface area contributed by atoms with Crippen molar-refractivity contribution < 1.29 is 4.79 Å². The Morgan fingerprint density at radius 2 is 1.81 bits per heavy atom. The van der Waals surface area contributed by atoms with Gasteiger partial charge in [-0.15, -0.1) is 0 Å². The van der Waals surface area contributed by atoms with Crippen molar-refractivity contribution in [1.82, 2.24) is 20.2 Å². The van der Waals surface area contributed by atoms with Crippen molar-refractivity contribution in [1.29, 1.82) is 0 Å². The highest BCUT2D eigenvalue weighted by molar-refractivity contribution is 5.83. The number of anilines is 1. The minimum atomic E-state index is 0.0489. The number of amides is 1. The molecule has 2 aromatic carbocycles. The van der Waals surface area contributed by atoms with E-state index in [2.05, 4.69) is 85.4 Å². The molecule has 1 atom stereocenters. The molecule has 1 fully saturated rings. The maximum Gasteiger partial charge on any atom is 0.239 e. The second-order valence-corrected chi connectivity index (χ2v) is 10.4. The summed E-state index contributed by atoms with van der Waals surface area (Å²) >= 11 is 0. The first-order valence-corrected chi connectivity index (χ1v) is 13.8. The smallest absolute Gasteiger partial charge is 0.239 e. The van der Waals surface area contributed by atoms with E-state index in [9.17, 15) is 4.79 Å². The van der Waals surface area contributed by atoms with Crippen LogP contribution in [0.3, 0.4) is 0 Å². The Morgan fingerprint density at radius 3 is 2.54 bits per heavy atom. The van der Waals surface area contributed by atoms with Gasteiger partial charge in [0, 0.05) is 42.5 Å². The summed E-state index contributed by atoms with van der Waals surface area (Å²) in [5.41, 5.74) is 8.71. The van der Waals surface area contributed by atoms with Crippen LogP contribution in [0, 0.1) is 6.92 Å². The Kier molecular flexibility index (Phi) is 7.56. The Hall–Kier alpha value is -3.25. The maximum absolute atomic E-state index is 12.4. The summed E-state index contributed by atoms with van der Waals surface area (Å²) in [6.07, 6.45) is 5.36. The van der Waals surface area contributed by atoms with E-state index in [1.165, 1.54) is 28.7 Å². The highest BCUT2D eigenvalue weighted by Crippen LogP contribution is 2.36. The number of aromatic nitrogens is 2. The molecule has 0 unspecified atom stereocenters. The van der Waals surface area contributed by atoms with Crippen LogP contribution in [0.25, 0.3) is 11.4 Å². The van der Waals surface area contributed by atoms with Crippen molar-refractivity contribution in [2.45, 2.75) is 65.5 Å². The van der Waals surface area contributed by atoms with Crippen LogP contribution in [0.1, 0.15) is 66.2 Å². The summed E-state index contributed by atoms with van der Waals surface area (Å²) in [5, 5.41) is 2.97. The van der Waals surface area contributed by atoms with Crippen LogP contribution < -0.4 is 10.2 Å². The second kappa shape index (κ2) is 11.0. The van der Waals surface area contributed by atoms with E-state index in [4.69, 9.17) is 9.97 Å². The minimum Gasteiger partial charge on any atom is -0.353 e. The zero-order valence-corrected chi connectivity index (χ0v) is 22.7. The lowest BCUT2D eigenvalue weighted by atomic mass is 9.87. The van der Waals surface area contributed by atoms with Crippen molar-refractivity contribution in [3.63, 3.8) is 0 Å². The van der Waals surface area contributed by atoms with Gasteiger partial charge in [-0.25, -0.2) is 9.97 Å². The molecule has 1 N–H and O–H groups in total. The summed E-state index contributed by atoms with van der Waals surface area (Å²) < 4.78 is 0. The summed E-state index contributed by atoms with van der Waals surface area (Å²) in [5.74, 6) is 1.73. The van der Waals surface area contributed by atoms with Crippen LogP contribution >= 0.6 is 0 Å². The second-order valence-electron chi connectivity index (χ2n) is 10.4. The van der Waals surface area contributed by atoms with Gasteiger partial charge in [0.05, 0.1) is 6.54 Å². The third-order valence-corrected chi connectivity index (χ3v) is 8.03. The predicted molar refractivity (Wildman–Crippen MR) is 150 cm³/mol. The Bertz CT molecular complexity index is 1260. The molecule has 0 spiro atoms. The third-order valence-electron chi connectivity index (χ3n) is 8.03. The summed E-state index contributed by atoms with van der Waals surface area (Å²) in [6, 6.07) is 15.7. The van der Waals surface area contributed by atoms with Crippen molar-refractivity contribution in [2.75, 3.05) is 31.6 Å². The monoisotopic (exact) mass is 497 g/mol. The number of carbonyl (C=O) groups excluding carboxylic acids is 1. The fourth-order valence-electron chi connectivity index (χ4n) is 6.03. The molecule has 37 heavy (non-hydrogen) atoms. The fourth-order valence-corrected chi connectivity index (χ4v) is 6.03. The quantitative estimate of drug-likeness (QED) is 0.497. The first kappa shape index (κ1) is 25.4. The summed E-state index contributed by atoms with van der Waals surface area (Å²) in [6.45, 7) is 8.94. The first-order chi connectivity index (χ1) is 18.0. The number of benzene rings is 2. The molecule has 1 aliphatic heterocycles. The van der Waals surface area contributed by atoms with Crippen LogP contribution in [0.15, 0.2) is 42.5 Å². The number of nitrogens with zero attached hydrogens (tertiary/aromatic N) is 4. The van der Waals surface area contributed by atoms with Gasteiger partial charge in [-0.2, -0.15) is 0 Å². The van der Waals surface area contributed by atoms with Gasteiger partial charge in [0.25, 0.3) is 0 Å². The van der Waals surface area contributed by atoms with E-state index in [1.807, 2.05) is 0 Å². The molecule has 6 heteroatoms. The molecule has 5 rings (SSSR count). The van der Waals surface area contributed by atoms with Crippen LogP contribution in [0.5, 0.6) is 0 Å². The number of hydrogen-bond acceptors (Lipinski definition) is 5. The Labute approximate surface area is 221 Å². The van der Waals surface area contributed by atoms with Gasteiger partial charge >= 0.3 is 0 Å². The van der Waals surface area contributed by atoms with Crippen LogP contribution in [0.4, 0.5) is 5.82 Å². The molecule has 1 aromatic heterocycles. The van der Waals surface area contributed by atoms with Crippen LogP contribution in [-0.2, 0) is 30.6 Å². The van der Waals surface area contributed by atoms with E-state index in [1.54, 1.807) is 0 Å². The number of piperazine rings is 1. The molecular formula is C31H39N5O. The number of aryl methyl sites for hydroxylation is 4. The molecular weight excluding hydrogens is 458 g/mol. The zero-order valence-electron chi connectivity index (χ0n) is 22.7. The molecule has 6 nitrogen and oxygen atoms in total. The van der Waals surface area contributed by atoms with Gasteiger partial charge in [0.15, 0.2) is 5.82 Å². The van der Waals surface area contributed by atoms with Gasteiger partial charge < -0.3 is 10.2 Å². The number of carbonyl (C=O) groups is 1. The summed E-state index contributed by atoms with van der Waals surface area (Å²) in [7, 11) is 2.22. The van der Waals surface area contributed by atoms with Gasteiger partial charge in [-0.3, -0.25) is 9.69 Å². The van der Waals surface area contributed by atoms with Crippen molar-refractivity contribution >= 4 is 11.7 Å². The topological polar surface area (TPSA) is 61.4 Å². The number of hydrogen-bond donors (Lipinski definition) is 1. The lowest BCUT2D eigenvalue weighted by Gasteiger charge is -2.35. The maximum atomic E-state index is 12.4. The van der Waals surface area contributed by atoms with E-state index in [0.717, 1.165) is 67.2 Å². The third kappa shape index (κ3) is 5.12. The SMILES string of the molecule is CCc1cccc(CC)c1-c1nc(C)c(CN(C)[C@@H]2CCCc3ccccc32)c(N2CCNC(=O)C2)n1. The number of nitrogens with one attached hydrogen (secondary N) is 1. The van der Waals surface area contributed by atoms with E-state index in [-0.39, 0.29) is 5.91 Å². The largest absolute Gasteiger partial charge is 0.353 e. The number of fused-ring (bicyclic) bond motifs is 1. The predicted octanol–water partition coefficient (Wildman–Crippen LogP) is 5.02. The normalized spacial score (nSPS) is 17.6. The molecule has 2 heterocycles. The molecule has 0 bridgehead atoms. The Balaban J connectivity index is 1.58. The van der Waals surface area contributed by atoms with Gasteiger partial charge in [0.1, 0.15) is 5.82 Å². The van der Waals surface area contributed by atoms with Crippen molar-refractivity contribution in [3.05, 3.63) is 76.0 Å². The highest BCUT2D eigenvalue weighted by atomic mass is 16.2. The minimum absolute atomic E-state index is 0.0489. The number of rotatable bonds is 7. The molecule has 0 saturated carbocycles. The lowest BCUT2D eigenvalue weighted by molar-refractivity contribution is -0.120. The molecule has 0 radical (unpaired) electrons. The Morgan fingerprint density at radius 1 is 1.05 bits per heavy atom. The molecule has 1 saturated heterocycles. The zero-order chi connectivity index (χ0) is 25.9.